The smallest absolute Gasteiger partial charge is 0.214 e. The normalized spacial score (nSPS) is 16.8. The van der Waals surface area contributed by atoms with E-state index in [9.17, 15) is 0 Å². The molecular weight excluding hydrogens is 236 g/mol. The van der Waals surface area contributed by atoms with Crippen molar-refractivity contribution >= 4 is 0 Å². The fourth-order valence-corrected chi connectivity index (χ4v) is 2.41. The van der Waals surface area contributed by atoms with E-state index in [0.717, 1.165) is 18.1 Å². The largest absolute Gasteiger partial charge is 0.474 e. The van der Waals surface area contributed by atoms with Crippen molar-refractivity contribution in [2.45, 2.75) is 71.6 Å². The highest BCUT2D eigenvalue weighted by Crippen LogP contribution is 2.24. The molecule has 0 aliphatic heterocycles. The number of aromatic nitrogens is 1. The van der Waals surface area contributed by atoms with E-state index in [4.69, 9.17) is 4.74 Å². The van der Waals surface area contributed by atoms with Gasteiger partial charge in [-0.05, 0) is 65.0 Å². The van der Waals surface area contributed by atoms with Crippen LogP contribution in [0.25, 0.3) is 0 Å². The molecule has 0 saturated heterocycles. The molecule has 0 bridgehead atoms. The zero-order chi connectivity index (χ0) is 13.9. The Hall–Kier alpha value is -1.09. The summed E-state index contributed by atoms with van der Waals surface area (Å²) in [4.78, 5) is 4.49. The first-order valence-electron chi connectivity index (χ1n) is 7.32. The summed E-state index contributed by atoms with van der Waals surface area (Å²) < 4.78 is 5.99. The van der Waals surface area contributed by atoms with Crippen LogP contribution in [0.4, 0.5) is 0 Å². The average molecular weight is 262 g/mol. The number of aryl methyl sites for hydroxylation is 1. The second-order valence-electron chi connectivity index (χ2n) is 6.58. The quantitative estimate of drug-likeness (QED) is 0.900. The zero-order valence-corrected chi connectivity index (χ0v) is 12.6. The van der Waals surface area contributed by atoms with Crippen LogP contribution in [0.3, 0.4) is 0 Å². The first-order valence-corrected chi connectivity index (χ1v) is 7.32. The predicted molar refractivity (Wildman–Crippen MR) is 78.5 cm³/mol. The number of nitrogens with one attached hydrogen (secondary N) is 1. The monoisotopic (exact) mass is 262 g/mol. The van der Waals surface area contributed by atoms with Crippen molar-refractivity contribution < 1.29 is 4.74 Å². The number of rotatable bonds is 4. The maximum Gasteiger partial charge on any atom is 0.214 e. The van der Waals surface area contributed by atoms with Crippen molar-refractivity contribution in [3.63, 3.8) is 0 Å². The number of ether oxygens (including phenoxy) is 1. The maximum absolute atomic E-state index is 5.99. The second kappa shape index (κ2) is 5.91. The Morgan fingerprint density at radius 1 is 1.26 bits per heavy atom. The Labute approximate surface area is 116 Å². The van der Waals surface area contributed by atoms with Crippen molar-refractivity contribution in [1.82, 2.24) is 10.3 Å². The average Bonchev–Trinajstić information content (AvgIpc) is 2.77. The Kier molecular flexibility index (Phi) is 4.46. The fraction of sp³-hybridized carbons (Fsp3) is 0.688. The molecule has 106 valence electrons. The zero-order valence-electron chi connectivity index (χ0n) is 12.6. The molecule has 0 spiro atoms. The van der Waals surface area contributed by atoms with Crippen LogP contribution in [0.2, 0.25) is 0 Å². The van der Waals surface area contributed by atoms with E-state index < -0.39 is 0 Å². The lowest BCUT2D eigenvalue weighted by Crippen LogP contribution is -2.35. The molecule has 1 aromatic rings. The van der Waals surface area contributed by atoms with Gasteiger partial charge in [0.15, 0.2) is 0 Å². The van der Waals surface area contributed by atoms with Gasteiger partial charge in [-0.1, -0.05) is 0 Å². The molecule has 0 atom stereocenters. The number of hydrogen-bond acceptors (Lipinski definition) is 3. The van der Waals surface area contributed by atoms with Gasteiger partial charge in [0.25, 0.3) is 0 Å². The first kappa shape index (κ1) is 14.3. The van der Waals surface area contributed by atoms with Crippen molar-refractivity contribution in [2.75, 3.05) is 0 Å². The highest BCUT2D eigenvalue weighted by Gasteiger charge is 2.17. The lowest BCUT2D eigenvalue weighted by Gasteiger charge is -2.21. The van der Waals surface area contributed by atoms with Crippen molar-refractivity contribution in [3.8, 4) is 5.88 Å². The Morgan fingerprint density at radius 2 is 1.95 bits per heavy atom. The molecule has 1 heterocycles. The van der Waals surface area contributed by atoms with Gasteiger partial charge in [0.05, 0.1) is 0 Å². The molecule has 1 aromatic heterocycles. The molecule has 0 amide bonds. The van der Waals surface area contributed by atoms with Crippen LogP contribution in [-0.4, -0.2) is 16.6 Å². The molecule has 1 fully saturated rings. The maximum atomic E-state index is 5.99. The Bertz CT molecular complexity index is 417. The SMILES string of the molecule is Cc1cc(CNC(C)(C)C)cc(OC2CCCC2)n1. The minimum Gasteiger partial charge on any atom is -0.474 e. The van der Waals surface area contributed by atoms with E-state index in [-0.39, 0.29) is 5.54 Å². The number of pyridine rings is 1. The van der Waals surface area contributed by atoms with Crippen LogP contribution in [-0.2, 0) is 6.54 Å². The summed E-state index contributed by atoms with van der Waals surface area (Å²) in [6.07, 6.45) is 5.29. The third kappa shape index (κ3) is 4.83. The van der Waals surface area contributed by atoms with Gasteiger partial charge in [0.2, 0.25) is 5.88 Å². The minimum absolute atomic E-state index is 0.129. The lowest BCUT2D eigenvalue weighted by atomic mass is 10.1. The summed E-state index contributed by atoms with van der Waals surface area (Å²) in [5, 5.41) is 3.50. The van der Waals surface area contributed by atoms with Crippen LogP contribution >= 0.6 is 0 Å². The molecule has 1 aliphatic carbocycles. The third-order valence-corrected chi connectivity index (χ3v) is 3.40. The number of nitrogens with zero attached hydrogens (tertiary/aromatic N) is 1. The summed E-state index contributed by atoms with van der Waals surface area (Å²) in [7, 11) is 0. The van der Waals surface area contributed by atoms with Gasteiger partial charge in [0, 0.05) is 23.8 Å². The molecule has 2 rings (SSSR count). The van der Waals surface area contributed by atoms with Gasteiger partial charge in [-0.3, -0.25) is 0 Å². The molecule has 0 unspecified atom stereocenters. The van der Waals surface area contributed by atoms with Crippen LogP contribution < -0.4 is 10.1 Å². The van der Waals surface area contributed by atoms with Crippen molar-refractivity contribution in [1.29, 1.82) is 0 Å². The van der Waals surface area contributed by atoms with Crippen molar-refractivity contribution in [3.05, 3.63) is 23.4 Å². The molecule has 1 N–H and O–H groups in total. The Morgan fingerprint density at radius 3 is 2.58 bits per heavy atom. The summed E-state index contributed by atoms with van der Waals surface area (Å²) in [6.45, 7) is 9.42. The Balaban J connectivity index is 2.01. The summed E-state index contributed by atoms with van der Waals surface area (Å²) in [5.74, 6) is 0.789. The summed E-state index contributed by atoms with van der Waals surface area (Å²) in [6, 6.07) is 4.20. The van der Waals surface area contributed by atoms with Crippen molar-refractivity contribution in [2.24, 2.45) is 0 Å². The minimum atomic E-state index is 0.129. The van der Waals surface area contributed by atoms with E-state index in [1.54, 1.807) is 0 Å². The van der Waals surface area contributed by atoms with Crippen LogP contribution in [0, 0.1) is 6.92 Å². The first-order chi connectivity index (χ1) is 8.92. The molecular formula is C16H26N2O. The van der Waals surface area contributed by atoms with Gasteiger partial charge >= 0.3 is 0 Å². The van der Waals surface area contributed by atoms with E-state index in [2.05, 4.69) is 43.2 Å². The van der Waals surface area contributed by atoms with Gasteiger partial charge in [-0.15, -0.1) is 0 Å². The van der Waals surface area contributed by atoms with E-state index in [1.807, 2.05) is 6.92 Å². The molecule has 1 aliphatic rings. The molecule has 1 saturated carbocycles. The third-order valence-electron chi connectivity index (χ3n) is 3.40. The second-order valence-corrected chi connectivity index (χ2v) is 6.58. The van der Waals surface area contributed by atoms with Gasteiger partial charge in [-0.2, -0.15) is 0 Å². The predicted octanol–water partition coefficient (Wildman–Crippen LogP) is 3.60. The van der Waals surface area contributed by atoms with Crippen LogP contribution in [0.15, 0.2) is 12.1 Å². The van der Waals surface area contributed by atoms with Gasteiger partial charge in [-0.25, -0.2) is 4.98 Å². The summed E-state index contributed by atoms with van der Waals surface area (Å²) >= 11 is 0. The highest BCUT2D eigenvalue weighted by molar-refractivity contribution is 5.25. The molecule has 3 nitrogen and oxygen atoms in total. The standard InChI is InChI=1S/C16H26N2O/c1-12-9-13(11-17-16(2,3)4)10-15(18-12)19-14-7-5-6-8-14/h9-10,14,17H,5-8,11H2,1-4H3. The number of hydrogen-bond donors (Lipinski definition) is 1. The van der Waals surface area contributed by atoms with E-state index in [1.165, 1.54) is 31.2 Å². The van der Waals surface area contributed by atoms with Crippen LogP contribution in [0.1, 0.15) is 57.7 Å². The molecule has 19 heavy (non-hydrogen) atoms. The van der Waals surface area contributed by atoms with E-state index in [0.29, 0.717) is 6.10 Å². The van der Waals surface area contributed by atoms with Gasteiger partial charge < -0.3 is 10.1 Å². The lowest BCUT2D eigenvalue weighted by molar-refractivity contribution is 0.201. The van der Waals surface area contributed by atoms with Crippen LogP contribution in [0.5, 0.6) is 5.88 Å². The topological polar surface area (TPSA) is 34.1 Å². The molecule has 3 heteroatoms. The molecule has 0 aromatic carbocycles. The highest BCUT2D eigenvalue weighted by atomic mass is 16.5. The van der Waals surface area contributed by atoms with E-state index >= 15 is 0 Å². The molecule has 0 radical (unpaired) electrons. The van der Waals surface area contributed by atoms with Gasteiger partial charge in [0.1, 0.15) is 6.10 Å². The fourth-order valence-electron chi connectivity index (χ4n) is 2.41. The summed E-state index contributed by atoms with van der Waals surface area (Å²) in [5.41, 5.74) is 2.40.